The smallest absolute Gasteiger partial charge is 0.150 e. The zero-order valence-corrected chi connectivity index (χ0v) is 10.8. The molecule has 2 heterocycles. The third-order valence-corrected chi connectivity index (χ3v) is 3.56. The van der Waals surface area contributed by atoms with Gasteiger partial charge in [-0.15, -0.1) is 0 Å². The van der Waals surface area contributed by atoms with Crippen molar-refractivity contribution < 1.29 is 9.84 Å². The van der Waals surface area contributed by atoms with Crippen LogP contribution in [0.25, 0.3) is 11.1 Å². The molecule has 0 radical (unpaired) electrons. The zero-order chi connectivity index (χ0) is 13.1. The van der Waals surface area contributed by atoms with E-state index in [1.807, 2.05) is 41.2 Å². The van der Waals surface area contributed by atoms with Crippen molar-refractivity contribution in [3.8, 4) is 11.1 Å². The minimum atomic E-state index is -0.0339. The fourth-order valence-electron chi connectivity index (χ4n) is 2.57. The van der Waals surface area contributed by atoms with Gasteiger partial charge in [-0.2, -0.15) is 5.10 Å². The Morgan fingerprint density at radius 2 is 2.11 bits per heavy atom. The highest BCUT2D eigenvalue weighted by molar-refractivity contribution is 5.65. The second-order valence-electron chi connectivity index (χ2n) is 4.79. The number of aromatic nitrogens is 2. The minimum Gasteiger partial charge on any atom is -0.390 e. The molecule has 1 aliphatic rings. The Morgan fingerprint density at radius 1 is 1.26 bits per heavy atom. The predicted molar refractivity (Wildman–Crippen MR) is 72.4 cm³/mol. The molecule has 1 saturated heterocycles. The average Bonchev–Trinajstić information content (AvgIpc) is 2.93. The van der Waals surface area contributed by atoms with Crippen molar-refractivity contribution in [3.05, 3.63) is 42.2 Å². The van der Waals surface area contributed by atoms with Gasteiger partial charge >= 0.3 is 0 Å². The summed E-state index contributed by atoms with van der Waals surface area (Å²) in [4.78, 5) is 0. The number of hydrogen-bond donors (Lipinski definition) is 1. The van der Waals surface area contributed by atoms with Crippen LogP contribution in [0.4, 0.5) is 0 Å². The lowest BCUT2D eigenvalue weighted by molar-refractivity contribution is -0.0426. The second kappa shape index (κ2) is 5.55. The van der Waals surface area contributed by atoms with Crippen LogP contribution in [0.3, 0.4) is 0 Å². The van der Waals surface area contributed by atoms with Gasteiger partial charge in [-0.1, -0.05) is 30.3 Å². The summed E-state index contributed by atoms with van der Waals surface area (Å²) in [5.41, 5.74) is 2.89. The summed E-state index contributed by atoms with van der Waals surface area (Å²) in [5, 5.41) is 14.1. The van der Waals surface area contributed by atoms with Crippen molar-refractivity contribution in [2.45, 2.75) is 32.1 Å². The Kier molecular flexibility index (Phi) is 3.62. The van der Waals surface area contributed by atoms with Crippen LogP contribution in [0.1, 0.15) is 31.2 Å². The fourth-order valence-corrected chi connectivity index (χ4v) is 2.57. The third kappa shape index (κ3) is 2.41. The second-order valence-corrected chi connectivity index (χ2v) is 4.79. The van der Waals surface area contributed by atoms with Crippen molar-refractivity contribution in [1.82, 2.24) is 9.78 Å². The predicted octanol–water partition coefficient (Wildman–Crippen LogP) is 2.74. The van der Waals surface area contributed by atoms with E-state index in [-0.39, 0.29) is 12.8 Å². The molecule has 4 nitrogen and oxygen atoms in total. The monoisotopic (exact) mass is 258 g/mol. The zero-order valence-electron chi connectivity index (χ0n) is 10.8. The van der Waals surface area contributed by atoms with Gasteiger partial charge in [0.1, 0.15) is 0 Å². The molecule has 2 aromatic rings. The lowest BCUT2D eigenvalue weighted by Crippen LogP contribution is -2.21. The molecule has 0 bridgehead atoms. The standard InChI is InChI=1S/C15H18N2O2/c18-11-14-13(12-6-2-1-3-7-12)10-16-17(14)15-8-4-5-9-19-15/h1-3,6-7,10,15,18H,4-5,8-9,11H2. The van der Waals surface area contributed by atoms with E-state index < -0.39 is 0 Å². The topological polar surface area (TPSA) is 47.3 Å². The van der Waals surface area contributed by atoms with Crippen molar-refractivity contribution in [2.75, 3.05) is 6.61 Å². The molecule has 1 aromatic heterocycles. The molecule has 0 saturated carbocycles. The molecule has 1 N–H and O–H groups in total. The van der Waals surface area contributed by atoms with Gasteiger partial charge in [-0.3, -0.25) is 0 Å². The van der Waals surface area contributed by atoms with Crippen molar-refractivity contribution in [2.24, 2.45) is 0 Å². The van der Waals surface area contributed by atoms with E-state index in [0.29, 0.717) is 0 Å². The molecular formula is C15H18N2O2. The highest BCUT2D eigenvalue weighted by Crippen LogP contribution is 2.29. The Labute approximate surface area is 112 Å². The third-order valence-electron chi connectivity index (χ3n) is 3.56. The number of rotatable bonds is 3. The van der Waals surface area contributed by atoms with Crippen LogP contribution >= 0.6 is 0 Å². The highest BCUT2D eigenvalue weighted by atomic mass is 16.5. The van der Waals surface area contributed by atoms with Crippen LogP contribution in [0.5, 0.6) is 0 Å². The molecule has 19 heavy (non-hydrogen) atoms. The summed E-state index contributed by atoms with van der Waals surface area (Å²) in [6.07, 6.45) is 5.00. The minimum absolute atomic E-state index is 0.0237. The van der Waals surface area contributed by atoms with Crippen molar-refractivity contribution >= 4 is 0 Å². The first kappa shape index (κ1) is 12.4. The molecule has 4 heteroatoms. The fraction of sp³-hybridized carbons (Fsp3) is 0.400. The van der Waals surface area contributed by atoms with Crippen LogP contribution in [0.2, 0.25) is 0 Å². The van der Waals surface area contributed by atoms with E-state index >= 15 is 0 Å². The maximum absolute atomic E-state index is 9.66. The summed E-state index contributed by atoms with van der Waals surface area (Å²) in [7, 11) is 0. The lowest BCUT2D eigenvalue weighted by atomic mass is 10.1. The molecule has 0 spiro atoms. The van der Waals surface area contributed by atoms with Crippen LogP contribution in [-0.4, -0.2) is 21.5 Å². The Hall–Kier alpha value is -1.65. The van der Waals surface area contributed by atoms with E-state index in [1.165, 1.54) is 0 Å². The van der Waals surface area contributed by atoms with Crippen LogP contribution in [-0.2, 0) is 11.3 Å². The van der Waals surface area contributed by atoms with E-state index in [9.17, 15) is 5.11 Å². The number of aliphatic hydroxyl groups is 1. The number of aliphatic hydroxyl groups excluding tert-OH is 1. The van der Waals surface area contributed by atoms with Gasteiger partial charge in [0.05, 0.1) is 18.5 Å². The molecule has 1 aliphatic heterocycles. The number of benzene rings is 1. The van der Waals surface area contributed by atoms with Gasteiger partial charge in [0, 0.05) is 12.2 Å². The number of hydrogen-bond acceptors (Lipinski definition) is 3. The first-order valence-electron chi connectivity index (χ1n) is 6.74. The molecule has 0 amide bonds. The van der Waals surface area contributed by atoms with Crippen LogP contribution in [0, 0.1) is 0 Å². The summed E-state index contributed by atoms with van der Waals surface area (Å²) in [5.74, 6) is 0. The largest absolute Gasteiger partial charge is 0.390 e. The maximum Gasteiger partial charge on any atom is 0.150 e. The van der Waals surface area contributed by atoms with Crippen LogP contribution in [0.15, 0.2) is 36.5 Å². The SMILES string of the molecule is OCc1c(-c2ccccc2)cnn1C1CCCCO1. The van der Waals surface area contributed by atoms with Crippen molar-refractivity contribution in [1.29, 1.82) is 0 Å². The summed E-state index contributed by atoms with van der Waals surface area (Å²) < 4.78 is 7.58. The molecule has 1 unspecified atom stereocenters. The summed E-state index contributed by atoms with van der Waals surface area (Å²) >= 11 is 0. The molecule has 1 atom stereocenters. The molecule has 1 fully saturated rings. The number of ether oxygens (including phenoxy) is 1. The van der Waals surface area contributed by atoms with Gasteiger partial charge < -0.3 is 9.84 Å². The molecule has 3 rings (SSSR count). The van der Waals surface area contributed by atoms with Gasteiger partial charge in [0.15, 0.2) is 6.23 Å². The highest BCUT2D eigenvalue weighted by Gasteiger charge is 2.21. The van der Waals surface area contributed by atoms with Crippen LogP contribution < -0.4 is 0 Å². The van der Waals surface area contributed by atoms with Gasteiger partial charge in [-0.25, -0.2) is 4.68 Å². The molecular weight excluding hydrogens is 240 g/mol. The Bertz CT molecular complexity index is 530. The molecule has 100 valence electrons. The average molecular weight is 258 g/mol. The van der Waals surface area contributed by atoms with Crippen molar-refractivity contribution in [3.63, 3.8) is 0 Å². The first-order chi connectivity index (χ1) is 9.40. The summed E-state index contributed by atoms with van der Waals surface area (Å²) in [6.45, 7) is 0.750. The van der Waals surface area contributed by atoms with E-state index in [2.05, 4.69) is 5.10 Å². The number of nitrogens with zero attached hydrogens (tertiary/aromatic N) is 2. The summed E-state index contributed by atoms with van der Waals surface area (Å²) in [6, 6.07) is 10.0. The Balaban J connectivity index is 1.96. The molecule has 1 aromatic carbocycles. The quantitative estimate of drug-likeness (QED) is 0.920. The van der Waals surface area contributed by atoms with Gasteiger partial charge in [-0.05, 0) is 24.8 Å². The normalized spacial score (nSPS) is 19.5. The van der Waals surface area contributed by atoms with E-state index in [0.717, 1.165) is 42.7 Å². The first-order valence-corrected chi connectivity index (χ1v) is 6.74. The van der Waals surface area contributed by atoms with Gasteiger partial charge in [0.2, 0.25) is 0 Å². The maximum atomic E-state index is 9.66. The lowest BCUT2D eigenvalue weighted by Gasteiger charge is -2.24. The van der Waals surface area contributed by atoms with E-state index in [4.69, 9.17) is 4.74 Å². The molecule has 0 aliphatic carbocycles. The van der Waals surface area contributed by atoms with Gasteiger partial charge in [0.25, 0.3) is 0 Å². The Morgan fingerprint density at radius 3 is 2.79 bits per heavy atom. The van der Waals surface area contributed by atoms with E-state index in [1.54, 1.807) is 0 Å².